The van der Waals surface area contributed by atoms with Crippen LogP contribution in [0, 0.1) is 3.57 Å². The maximum Gasteiger partial charge on any atom is 0.459 e. The molecular weight excluding hydrogens is 627 g/mol. The molecule has 3 rings (SSSR count). The van der Waals surface area contributed by atoms with Gasteiger partial charge in [-0.3, -0.25) is 23.7 Å². The summed E-state index contributed by atoms with van der Waals surface area (Å²) in [7, 11) is -4.31. The third-order valence-electron chi connectivity index (χ3n) is 5.33. The number of aromatic nitrogens is 2. The van der Waals surface area contributed by atoms with Gasteiger partial charge in [-0.1, -0.05) is 18.2 Å². The molecule has 1 saturated heterocycles. The van der Waals surface area contributed by atoms with Crippen molar-refractivity contribution in [3.05, 3.63) is 60.9 Å². The Morgan fingerprint density at radius 1 is 1.32 bits per heavy atom. The van der Waals surface area contributed by atoms with Crippen molar-refractivity contribution in [1.29, 1.82) is 0 Å². The Bertz CT molecular complexity index is 1270. The number of benzene rings is 1. The zero-order valence-electron chi connectivity index (χ0n) is 20.4. The average molecular weight is 655 g/mol. The number of carbonyl (C=O) groups excluding carboxylic acids is 1. The first-order valence-electron chi connectivity index (χ1n) is 11.2. The fourth-order valence-corrected chi connectivity index (χ4v) is 5.43. The summed E-state index contributed by atoms with van der Waals surface area (Å²) in [5, 5.41) is 13.1. The molecular formula is C22H28FIN3O9P. The molecule has 0 bridgehead atoms. The number of H-pyrrole nitrogens is 1. The SMILES string of the molecule is CC(C)OC(=O)[C@@H](C)N[P@@](=O)(OC[C@H]1O[C@@H](n2cc(I)c(=O)[nH]c2=O)[C@](C)(F)[C@@H]1O)Oc1ccccc1. The molecule has 0 unspecified atom stereocenters. The molecule has 15 heteroatoms. The molecule has 204 valence electrons. The summed E-state index contributed by atoms with van der Waals surface area (Å²) < 4.78 is 51.8. The van der Waals surface area contributed by atoms with Gasteiger partial charge < -0.3 is 19.1 Å². The Morgan fingerprint density at radius 3 is 2.59 bits per heavy atom. The number of halogens is 2. The number of ether oxygens (including phenoxy) is 2. The van der Waals surface area contributed by atoms with Gasteiger partial charge in [0.1, 0.15) is 24.0 Å². The molecule has 0 amide bonds. The van der Waals surface area contributed by atoms with Crippen LogP contribution in [-0.2, 0) is 23.4 Å². The molecule has 1 fully saturated rings. The first kappa shape index (κ1) is 29.5. The molecule has 0 saturated carbocycles. The second kappa shape index (κ2) is 11.7. The molecule has 0 aliphatic carbocycles. The van der Waals surface area contributed by atoms with E-state index in [9.17, 15) is 24.1 Å². The first-order chi connectivity index (χ1) is 17.2. The minimum Gasteiger partial charge on any atom is -0.462 e. The fourth-order valence-electron chi connectivity index (χ4n) is 3.49. The lowest BCUT2D eigenvalue weighted by atomic mass is 9.98. The second-order valence-corrected chi connectivity index (χ2v) is 11.7. The molecule has 2 heterocycles. The van der Waals surface area contributed by atoms with Crippen molar-refractivity contribution in [1.82, 2.24) is 14.6 Å². The van der Waals surface area contributed by atoms with E-state index in [0.717, 1.165) is 17.7 Å². The van der Waals surface area contributed by atoms with Gasteiger partial charge in [-0.2, -0.15) is 5.09 Å². The molecule has 0 radical (unpaired) electrons. The van der Waals surface area contributed by atoms with Gasteiger partial charge in [0.25, 0.3) is 5.56 Å². The number of esters is 1. The Kier molecular flexibility index (Phi) is 9.35. The van der Waals surface area contributed by atoms with E-state index in [0.29, 0.717) is 0 Å². The van der Waals surface area contributed by atoms with Crippen LogP contribution in [0.4, 0.5) is 4.39 Å². The smallest absolute Gasteiger partial charge is 0.459 e. The van der Waals surface area contributed by atoms with E-state index < -0.39 is 67.8 Å². The maximum atomic E-state index is 15.6. The Morgan fingerprint density at radius 2 is 1.97 bits per heavy atom. The van der Waals surface area contributed by atoms with E-state index in [1.165, 1.54) is 19.1 Å². The number of nitrogens with zero attached hydrogens (tertiary/aromatic N) is 1. The van der Waals surface area contributed by atoms with Crippen LogP contribution in [0.1, 0.15) is 33.9 Å². The molecule has 6 atom stereocenters. The van der Waals surface area contributed by atoms with Crippen molar-refractivity contribution < 1.29 is 37.4 Å². The Labute approximate surface area is 225 Å². The monoisotopic (exact) mass is 655 g/mol. The standard InChI is InChI=1S/C22H28FIN3O9P/c1-12(2)34-19(30)13(3)26-37(32,36-14-8-6-5-7-9-14)33-11-16-17(28)22(4,23)20(35-16)27-10-15(24)18(29)25-21(27)31/h5-10,12-13,16-17,20,28H,11H2,1-4H3,(H,26,32)(H,25,29,31)/t13-,16-,17-,20-,22-,37-/m1/s1. The van der Waals surface area contributed by atoms with Crippen LogP contribution in [0.15, 0.2) is 46.1 Å². The third-order valence-corrected chi connectivity index (χ3v) is 7.74. The number of para-hydroxylation sites is 1. The predicted octanol–water partition coefficient (Wildman–Crippen LogP) is 2.26. The van der Waals surface area contributed by atoms with Crippen LogP contribution in [-0.4, -0.2) is 57.3 Å². The molecule has 1 aromatic heterocycles. The van der Waals surface area contributed by atoms with Crippen molar-refractivity contribution in [3.63, 3.8) is 0 Å². The number of rotatable bonds is 10. The van der Waals surface area contributed by atoms with Gasteiger partial charge in [-0.15, -0.1) is 0 Å². The number of hydrogen-bond acceptors (Lipinski definition) is 9. The summed E-state index contributed by atoms with van der Waals surface area (Å²) in [6, 6.07) is 6.86. The lowest BCUT2D eigenvalue weighted by molar-refractivity contribution is -0.149. The minimum atomic E-state index is -4.31. The van der Waals surface area contributed by atoms with Gasteiger partial charge in [-0.25, -0.2) is 13.8 Å². The van der Waals surface area contributed by atoms with E-state index in [-0.39, 0.29) is 9.32 Å². The van der Waals surface area contributed by atoms with Crippen molar-refractivity contribution in [2.75, 3.05) is 6.61 Å². The van der Waals surface area contributed by atoms with Gasteiger partial charge in [0.2, 0.25) is 0 Å². The second-order valence-electron chi connectivity index (χ2n) is 8.80. The summed E-state index contributed by atoms with van der Waals surface area (Å²) in [5.74, 6) is -0.561. The fraction of sp³-hybridized carbons (Fsp3) is 0.500. The molecule has 12 nitrogen and oxygen atoms in total. The normalized spacial score (nSPS) is 26.0. The third kappa shape index (κ3) is 7.06. The summed E-state index contributed by atoms with van der Waals surface area (Å²) in [6.07, 6.45) is -4.16. The van der Waals surface area contributed by atoms with E-state index in [1.54, 1.807) is 54.6 Å². The number of hydrogen-bond donors (Lipinski definition) is 3. The molecule has 3 N–H and O–H groups in total. The van der Waals surface area contributed by atoms with Gasteiger partial charge in [0.15, 0.2) is 11.9 Å². The van der Waals surface area contributed by atoms with E-state index in [2.05, 4.69) is 5.09 Å². The lowest BCUT2D eigenvalue weighted by Crippen LogP contribution is -2.44. The number of nitrogens with one attached hydrogen (secondary N) is 2. The topological polar surface area (TPSA) is 158 Å². The largest absolute Gasteiger partial charge is 0.462 e. The van der Waals surface area contributed by atoms with E-state index in [4.69, 9.17) is 18.5 Å². The lowest BCUT2D eigenvalue weighted by Gasteiger charge is -2.25. The van der Waals surface area contributed by atoms with E-state index >= 15 is 4.39 Å². The highest BCUT2D eigenvalue weighted by Crippen LogP contribution is 2.47. The number of carbonyl (C=O) groups is 1. The van der Waals surface area contributed by atoms with Crippen LogP contribution in [0.2, 0.25) is 0 Å². The maximum absolute atomic E-state index is 15.6. The predicted molar refractivity (Wildman–Crippen MR) is 138 cm³/mol. The molecule has 37 heavy (non-hydrogen) atoms. The first-order valence-corrected chi connectivity index (χ1v) is 13.9. The Balaban J connectivity index is 1.82. The average Bonchev–Trinajstić information content (AvgIpc) is 3.03. The van der Waals surface area contributed by atoms with Crippen LogP contribution < -0.4 is 20.9 Å². The molecule has 1 aliphatic heterocycles. The van der Waals surface area contributed by atoms with Gasteiger partial charge in [0.05, 0.1) is 16.3 Å². The van der Waals surface area contributed by atoms with Crippen molar-refractivity contribution >= 4 is 36.3 Å². The highest BCUT2D eigenvalue weighted by molar-refractivity contribution is 14.1. The molecule has 0 spiro atoms. The van der Waals surface area contributed by atoms with Gasteiger partial charge in [0, 0.05) is 6.20 Å². The highest BCUT2D eigenvalue weighted by Gasteiger charge is 2.56. The molecule has 1 aromatic carbocycles. The van der Waals surface area contributed by atoms with E-state index in [1.807, 2.05) is 4.98 Å². The zero-order chi connectivity index (χ0) is 27.5. The number of aromatic amines is 1. The quantitative estimate of drug-likeness (QED) is 0.197. The van der Waals surface area contributed by atoms with Crippen molar-refractivity contribution in [2.45, 2.75) is 63.9 Å². The summed E-state index contributed by atoms with van der Waals surface area (Å²) >= 11 is 1.67. The number of aliphatic hydroxyl groups excluding tert-OH is 1. The van der Waals surface area contributed by atoms with Gasteiger partial charge >= 0.3 is 19.4 Å². The van der Waals surface area contributed by atoms with Crippen molar-refractivity contribution in [2.24, 2.45) is 0 Å². The number of alkyl halides is 1. The molecule has 2 aromatic rings. The summed E-state index contributed by atoms with van der Waals surface area (Å²) in [5.41, 5.74) is -4.09. The van der Waals surface area contributed by atoms with Gasteiger partial charge in [-0.05, 0) is 62.4 Å². The zero-order valence-corrected chi connectivity index (χ0v) is 23.5. The molecule has 1 aliphatic rings. The number of aliphatic hydroxyl groups is 1. The van der Waals surface area contributed by atoms with Crippen LogP contribution >= 0.6 is 30.3 Å². The minimum absolute atomic E-state index is 0.0954. The van der Waals surface area contributed by atoms with Crippen LogP contribution in [0.3, 0.4) is 0 Å². The highest BCUT2D eigenvalue weighted by atomic mass is 127. The van der Waals surface area contributed by atoms with Crippen molar-refractivity contribution in [3.8, 4) is 5.75 Å². The summed E-state index contributed by atoms with van der Waals surface area (Å²) in [6.45, 7) is 5.08. The van der Waals surface area contributed by atoms with Crippen LogP contribution in [0.5, 0.6) is 5.75 Å². The Hall–Kier alpha value is -2.10. The van der Waals surface area contributed by atoms with Crippen LogP contribution in [0.25, 0.3) is 0 Å². The summed E-state index contributed by atoms with van der Waals surface area (Å²) in [4.78, 5) is 38.3.